The van der Waals surface area contributed by atoms with Crippen LogP contribution in [0.25, 0.3) is 0 Å². The second-order valence-corrected chi connectivity index (χ2v) is 6.99. The van der Waals surface area contributed by atoms with Crippen molar-refractivity contribution in [2.75, 3.05) is 5.75 Å². The summed E-state index contributed by atoms with van der Waals surface area (Å²) in [6, 6.07) is 0. The predicted molar refractivity (Wildman–Crippen MR) is 75.1 cm³/mol. The predicted octanol–water partition coefficient (Wildman–Crippen LogP) is 4.69. The number of hydrogen-bond acceptors (Lipinski definition) is 2. The zero-order valence-electron chi connectivity index (χ0n) is 11.6. The molecule has 0 spiro atoms. The highest BCUT2D eigenvalue weighted by Gasteiger charge is 2.26. The molecule has 0 bridgehead atoms. The van der Waals surface area contributed by atoms with Crippen molar-refractivity contribution in [2.45, 2.75) is 72.0 Å². The molecule has 1 unspecified atom stereocenters. The largest absolute Gasteiger partial charge is 0.298 e. The van der Waals surface area contributed by atoms with Crippen LogP contribution in [0.1, 0.15) is 66.7 Å². The van der Waals surface area contributed by atoms with Gasteiger partial charge >= 0.3 is 0 Å². The maximum atomic E-state index is 11.9. The van der Waals surface area contributed by atoms with E-state index in [2.05, 4.69) is 6.92 Å². The van der Waals surface area contributed by atoms with E-state index in [0.717, 1.165) is 5.75 Å². The van der Waals surface area contributed by atoms with E-state index in [1.807, 2.05) is 39.5 Å². The molecule has 0 aliphatic carbocycles. The molecule has 0 saturated carbocycles. The quantitative estimate of drug-likeness (QED) is 0.576. The molecule has 0 aliphatic heterocycles. The zero-order chi connectivity index (χ0) is 12.6. The molecule has 1 nitrogen and oxygen atoms in total. The third-order valence-electron chi connectivity index (χ3n) is 2.72. The van der Waals surface area contributed by atoms with Gasteiger partial charge in [0.1, 0.15) is 0 Å². The molecule has 2 heteroatoms. The molecule has 0 heterocycles. The van der Waals surface area contributed by atoms with Crippen molar-refractivity contribution in [3.8, 4) is 0 Å². The topological polar surface area (TPSA) is 17.1 Å². The number of carbonyl (C=O) groups excluding carboxylic acids is 1. The number of rotatable bonds is 8. The molecule has 96 valence electrons. The second-order valence-electron chi connectivity index (χ2n) is 5.54. The van der Waals surface area contributed by atoms with Crippen LogP contribution < -0.4 is 0 Å². The molecule has 0 radical (unpaired) electrons. The molecule has 16 heavy (non-hydrogen) atoms. The van der Waals surface area contributed by atoms with Crippen LogP contribution in [0, 0.1) is 5.41 Å². The van der Waals surface area contributed by atoms with Crippen LogP contribution in [0.4, 0.5) is 0 Å². The van der Waals surface area contributed by atoms with Gasteiger partial charge in [-0.15, -0.1) is 0 Å². The Bertz CT molecular complexity index is 193. The first-order chi connectivity index (χ1) is 7.39. The number of Topliss-reactive ketones (excluding diaryl/α,β-unsaturated/α-hetero) is 1. The lowest BCUT2D eigenvalue weighted by molar-refractivity contribution is -0.125. The van der Waals surface area contributed by atoms with E-state index >= 15 is 0 Å². The SMILES string of the molecule is CCCCCCCSC(C)C(=O)C(C)(C)C. The average Bonchev–Trinajstić information content (AvgIpc) is 2.20. The lowest BCUT2D eigenvalue weighted by Gasteiger charge is -2.21. The van der Waals surface area contributed by atoms with E-state index in [9.17, 15) is 4.79 Å². The van der Waals surface area contributed by atoms with Crippen molar-refractivity contribution < 1.29 is 4.79 Å². The monoisotopic (exact) mass is 244 g/mol. The first-order valence-electron chi connectivity index (χ1n) is 6.55. The maximum Gasteiger partial charge on any atom is 0.150 e. The Morgan fingerprint density at radius 3 is 2.19 bits per heavy atom. The average molecular weight is 244 g/mol. The minimum atomic E-state index is -0.186. The number of unbranched alkanes of at least 4 members (excludes halogenated alkanes) is 4. The summed E-state index contributed by atoms with van der Waals surface area (Å²) < 4.78 is 0. The Balaban J connectivity index is 3.58. The first-order valence-corrected chi connectivity index (χ1v) is 7.60. The summed E-state index contributed by atoms with van der Waals surface area (Å²) in [6.45, 7) is 10.3. The fraction of sp³-hybridized carbons (Fsp3) is 0.929. The number of thioether (sulfide) groups is 1. The van der Waals surface area contributed by atoms with E-state index in [1.165, 1.54) is 32.1 Å². The van der Waals surface area contributed by atoms with Gasteiger partial charge in [0.05, 0.1) is 5.25 Å². The van der Waals surface area contributed by atoms with E-state index in [1.54, 1.807) is 0 Å². The van der Waals surface area contributed by atoms with Crippen LogP contribution >= 0.6 is 11.8 Å². The van der Waals surface area contributed by atoms with Gasteiger partial charge in [0.2, 0.25) is 0 Å². The summed E-state index contributed by atoms with van der Waals surface area (Å²) in [4.78, 5) is 11.9. The molecule has 0 aromatic rings. The van der Waals surface area contributed by atoms with Gasteiger partial charge in [-0.25, -0.2) is 0 Å². The molecular weight excluding hydrogens is 216 g/mol. The molecule has 0 amide bonds. The Hall–Kier alpha value is 0.0200. The summed E-state index contributed by atoms with van der Waals surface area (Å²) >= 11 is 1.82. The van der Waals surface area contributed by atoms with Crippen LogP contribution in [0.2, 0.25) is 0 Å². The van der Waals surface area contributed by atoms with Gasteiger partial charge in [0.25, 0.3) is 0 Å². The molecule has 1 atom stereocenters. The number of carbonyl (C=O) groups is 1. The van der Waals surface area contributed by atoms with E-state index in [0.29, 0.717) is 5.78 Å². The van der Waals surface area contributed by atoms with Crippen molar-refractivity contribution in [3.63, 3.8) is 0 Å². The van der Waals surface area contributed by atoms with E-state index in [4.69, 9.17) is 0 Å². The normalized spacial score (nSPS) is 13.8. The fourth-order valence-electron chi connectivity index (χ4n) is 1.65. The fourth-order valence-corrected chi connectivity index (χ4v) is 2.88. The lowest BCUT2D eigenvalue weighted by atomic mass is 9.89. The van der Waals surface area contributed by atoms with Crippen molar-refractivity contribution in [2.24, 2.45) is 5.41 Å². The molecule has 0 fully saturated rings. The van der Waals surface area contributed by atoms with Gasteiger partial charge in [-0.3, -0.25) is 4.79 Å². The Kier molecular flexibility index (Phi) is 8.17. The van der Waals surface area contributed by atoms with Crippen molar-refractivity contribution >= 4 is 17.5 Å². The minimum Gasteiger partial charge on any atom is -0.298 e. The summed E-state index contributed by atoms with van der Waals surface area (Å²) in [6.07, 6.45) is 6.57. The number of ketones is 1. The van der Waals surface area contributed by atoms with Gasteiger partial charge in [0, 0.05) is 5.41 Å². The summed E-state index contributed by atoms with van der Waals surface area (Å²) in [5.74, 6) is 1.51. The Labute approximate surface area is 106 Å². The standard InChI is InChI=1S/C14H28OS/c1-6-7-8-9-10-11-16-12(2)13(15)14(3,4)5/h12H,6-11H2,1-5H3. The highest BCUT2D eigenvalue weighted by Crippen LogP contribution is 2.24. The molecular formula is C14H28OS. The van der Waals surface area contributed by atoms with Gasteiger partial charge < -0.3 is 0 Å². The Morgan fingerprint density at radius 2 is 1.69 bits per heavy atom. The summed E-state index contributed by atoms with van der Waals surface area (Å²) in [5, 5.41) is 0.158. The molecule has 0 saturated heterocycles. The van der Waals surface area contributed by atoms with Crippen LogP contribution in [0.3, 0.4) is 0 Å². The Morgan fingerprint density at radius 1 is 1.12 bits per heavy atom. The third-order valence-corrected chi connectivity index (χ3v) is 3.96. The molecule has 0 aromatic heterocycles. The van der Waals surface area contributed by atoms with Gasteiger partial charge in [-0.2, -0.15) is 11.8 Å². The molecule has 0 aliphatic rings. The third kappa shape index (κ3) is 7.32. The summed E-state index contributed by atoms with van der Waals surface area (Å²) in [7, 11) is 0. The highest BCUT2D eigenvalue weighted by molar-refractivity contribution is 8.00. The van der Waals surface area contributed by atoms with Crippen LogP contribution in [0.15, 0.2) is 0 Å². The molecule has 0 N–H and O–H groups in total. The van der Waals surface area contributed by atoms with Crippen molar-refractivity contribution in [1.29, 1.82) is 0 Å². The zero-order valence-corrected chi connectivity index (χ0v) is 12.5. The van der Waals surface area contributed by atoms with Gasteiger partial charge in [0.15, 0.2) is 5.78 Å². The molecule has 0 aromatic carbocycles. The molecule has 0 rings (SSSR count). The van der Waals surface area contributed by atoms with Gasteiger partial charge in [-0.1, -0.05) is 53.4 Å². The number of hydrogen-bond donors (Lipinski definition) is 0. The van der Waals surface area contributed by atoms with E-state index in [-0.39, 0.29) is 10.7 Å². The highest BCUT2D eigenvalue weighted by atomic mass is 32.2. The summed E-state index contributed by atoms with van der Waals surface area (Å²) in [5.41, 5.74) is -0.186. The first kappa shape index (κ1) is 16.0. The second kappa shape index (κ2) is 8.16. The van der Waals surface area contributed by atoms with Crippen molar-refractivity contribution in [3.05, 3.63) is 0 Å². The minimum absolute atomic E-state index is 0.158. The van der Waals surface area contributed by atoms with Gasteiger partial charge in [-0.05, 0) is 19.1 Å². The van der Waals surface area contributed by atoms with Crippen LogP contribution in [-0.2, 0) is 4.79 Å². The van der Waals surface area contributed by atoms with Crippen LogP contribution in [0.5, 0.6) is 0 Å². The maximum absolute atomic E-state index is 11.9. The smallest absolute Gasteiger partial charge is 0.150 e. The van der Waals surface area contributed by atoms with Crippen LogP contribution in [-0.4, -0.2) is 16.8 Å². The lowest BCUT2D eigenvalue weighted by Crippen LogP contribution is -2.28. The van der Waals surface area contributed by atoms with Crippen molar-refractivity contribution in [1.82, 2.24) is 0 Å². The van der Waals surface area contributed by atoms with E-state index < -0.39 is 0 Å².